The molecule has 0 saturated heterocycles. The van der Waals surface area contributed by atoms with E-state index in [-0.39, 0.29) is 23.2 Å². The van der Waals surface area contributed by atoms with Gasteiger partial charge in [-0.05, 0) is 12.5 Å². The van der Waals surface area contributed by atoms with E-state index < -0.39 is 35.5 Å². The number of carboxylic acids is 1. The fraction of sp³-hybridized carbons (Fsp3) is 0.267. The first kappa shape index (κ1) is 16.5. The largest absolute Gasteiger partial charge is 0.480 e. The number of halogens is 3. The number of pyridine rings is 1. The van der Waals surface area contributed by atoms with Crippen LogP contribution in [0.4, 0.5) is 18.9 Å². The van der Waals surface area contributed by atoms with Gasteiger partial charge >= 0.3 is 5.97 Å². The minimum atomic E-state index is -1.67. The molecule has 0 atom stereocenters. The molecule has 5 nitrogen and oxygen atoms in total. The fourth-order valence-electron chi connectivity index (χ4n) is 2.35. The zero-order valence-electron chi connectivity index (χ0n) is 12.1. The molecule has 0 spiro atoms. The van der Waals surface area contributed by atoms with E-state index in [1.54, 1.807) is 6.92 Å². The first-order valence-electron chi connectivity index (χ1n) is 6.73. The van der Waals surface area contributed by atoms with Crippen LogP contribution in [0.3, 0.4) is 0 Å². The molecule has 120 valence electrons. The van der Waals surface area contributed by atoms with Gasteiger partial charge in [-0.1, -0.05) is 6.92 Å². The van der Waals surface area contributed by atoms with Crippen LogP contribution in [0.25, 0.3) is 10.9 Å². The number of rotatable bonds is 5. The average Bonchev–Trinajstić information content (AvgIpc) is 2.51. The Labute approximate surface area is 129 Å². The van der Waals surface area contributed by atoms with E-state index in [9.17, 15) is 23.2 Å². The number of aliphatic carboxylic acids is 1. The number of carbonyl (C=O) groups is 1. The third kappa shape index (κ3) is 3.04. The number of carboxylic acid groups (broad SMARTS) is 1. The minimum absolute atomic E-state index is 0.0274. The van der Waals surface area contributed by atoms with Crippen molar-refractivity contribution < 1.29 is 23.1 Å². The van der Waals surface area contributed by atoms with Gasteiger partial charge in [-0.25, -0.2) is 13.2 Å². The van der Waals surface area contributed by atoms with Gasteiger partial charge in [-0.2, -0.15) is 5.26 Å². The van der Waals surface area contributed by atoms with Crippen molar-refractivity contribution in [3.05, 3.63) is 35.3 Å². The summed E-state index contributed by atoms with van der Waals surface area (Å²) >= 11 is 0. The van der Waals surface area contributed by atoms with E-state index in [0.717, 1.165) is 12.3 Å². The van der Waals surface area contributed by atoms with Crippen LogP contribution >= 0.6 is 0 Å². The lowest BCUT2D eigenvalue weighted by atomic mass is 10.1. The van der Waals surface area contributed by atoms with Crippen LogP contribution in [0, 0.1) is 28.8 Å². The zero-order valence-corrected chi connectivity index (χ0v) is 12.1. The van der Waals surface area contributed by atoms with Gasteiger partial charge < -0.3 is 10.0 Å². The van der Waals surface area contributed by atoms with Crippen LogP contribution in [0.5, 0.6) is 0 Å². The number of hydrogen-bond acceptors (Lipinski definition) is 4. The second-order valence-electron chi connectivity index (χ2n) is 4.83. The van der Waals surface area contributed by atoms with E-state index in [1.807, 2.05) is 6.07 Å². The Morgan fingerprint density at radius 1 is 1.39 bits per heavy atom. The molecule has 0 radical (unpaired) electrons. The molecule has 0 amide bonds. The number of nitrogens with zero attached hydrogens (tertiary/aromatic N) is 3. The highest BCUT2D eigenvalue weighted by Crippen LogP contribution is 2.32. The van der Waals surface area contributed by atoms with Crippen LogP contribution in [0.2, 0.25) is 0 Å². The molecule has 1 aromatic heterocycles. The quantitative estimate of drug-likeness (QED) is 0.856. The third-order valence-corrected chi connectivity index (χ3v) is 3.23. The Bertz CT molecular complexity index is 818. The van der Waals surface area contributed by atoms with E-state index in [2.05, 4.69) is 4.98 Å². The standard InChI is InChI=1S/C15H12F3N3O2/c1-2-3-21(7-11(22)23)15-8(5-19)6-20-14-9(15)4-10(16)12(17)13(14)18/h4,6H,2-3,7H2,1H3,(H,22,23). The average molecular weight is 323 g/mol. The molecule has 1 aromatic carbocycles. The Morgan fingerprint density at radius 2 is 2.09 bits per heavy atom. The van der Waals surface area contributed by atoms with Gasteiger partial charge in [-0.3, -0.25) is 9.78 Å². The van der Waals surface area contributed by atoms with Crippen molar-refractivity contribution in [3.8, 4) is 6.07 Å². The third-order valence-electron chi connectivity index (χ3n) is 3.23. The molecule has 2 aromatic rings. The summed E-state index contributed by atoms with van der Waals surface area (Å²) in [5.74, 6) is -5.74. The summed E-state index contributed by atoms with van der Waals surface area (Å²) in [4.78, 5) is 16.0. The monoisotopic (exact) mass is 323 g/mol. The number of anilines is 1. The van der Waals surface area contributed by atoms with Crippen molar-refractivity contribution in [1.29, 1.82) is 5.26 Å². The van der Waals surface area contributed by atoms with Crippen molar-refractivity contribution >= 4 is 22.6 Å². The molecular formula is C15H12F3N3O2. The molecular weight excluding hydrogens is 311 g/mol. The first-order chi connectivity index (χ1) is 10.9. The summed E-state index contributed by atoms with van der Waals surface area (Å²) in [6, 6.07) is 2.54. The van der Waals surface area contributed by atoms with Crippen molar-refractivity contribution in [2.45, 2.75) is 13.3 Å². The summed E-state index contributed by atoms with van der Waals surface area (Å²) in [5.41, 5.74) is -0.471. The minimum Gasteiger partial charge on any atom is -0.480 e. The smallest absolute Gasteiger partial charge is 0.323 e. The van der Waals surface area contributed by atoms with E-state index in [0.29, 0.717) is 6.42 Å². The predicted molar refractivity (Wildman–Crippen MR) is 76.5 cm³/mol. The number of hydrogen-bond donors (Lipinski definition) is 1. The second-order valence-corrected chi connectivity index (χ2v) is 4.83. The number of fused-ring (bicyclic) bond motifs is 1. The lowest BCUT2D eigenvalue weighted by molar-refractivity contribution is -0.135. The van der Waals surface area contributed by atoms with Crippen LogP contribution < -0.4 is 4.90 Å². The highest BCUT2D eigenvalue weighted by molar-refractivity contribution is 5.96. The van der Waals surface area contributed by atoms with Crippen molar-refractivity contribution in [1.82, 2.24) is 4.98 Å². The molecule has 8 heteroatoms. The lowest BCUT2D eigenvalue weighted by Crippen LogP contribution is -2.31. The summed E-state index contributed by atoms with van der Waals surface area (Å²) in [6.07, 6.45) is 1.55. The maximum atomic E-state index is 13.9. The zero-order chi connectivity index (χ0) is 17.1. The van der Waals surface area contributed by atoms with Gasteiger partial charge in [0, 0.05) is 18.1 Å². The van der Waals surface area contributed by atoms with Gasteiger partial charge in [0.2, 0.25) is 0 Å². The van der Waals surface area contributed by atoms with Gasteiger partial charge in [0.25, 0.3) is 0 Å². The maximum absolute atomic E-state index is 13.9. The summed E-state index contributed by atoms with van der Waals surface area (Å²) < 4.78 is 40.8. The fourth-order valence-corrected chi connectivity index (χ4v) is 2.35. The molecule has 0 aliphatic carbocycles. The number of benzene rings is 1. The SMILES string of the molecule is CCCN(CC(=O)O)c1c(C#N)cnc2c(F)c(F)c(F)cc12. The Kier molecular flexibility index (Phi) is 4.69. The molecule has 0 saturated carbocycles. The molecule has 0 unspecified atom stereocenters. The molecule has 2 rings (SSSR count). The summed E-state index contributed by atoms with van der Waals surface area (Å²) in [7, 11) is 0. The lowest BCUT2D eigenvalue weighted by Gasteiger charge is -2.24. The van der Waals surface area contributed by atoms with Gasteiger partial charge in [0.15, 0.2) is 17.5 Å². The molecule has 1 N–H and O–H groups in total. The molecule has 0 fully saturated rings. The Hall–Kier alpha value is -2.82. The van der Waals surface area contributed by atoms with Gasteiger partial charge in [0.05, 0.1) is 11.3 Å². The van der Waals surface area contributed by atoms with Crippen molar-refractivity contribution in [3.63, 3.8) is 0 Å². The van der Waals surface area contributed by atoms with Crippen LogP contribution in [-0.4, -0.2) is 29.1 Å². The molecule has 1 heterocycles. The molecule has 0 aliphatic heterocycles. The molecule has 23 heavy (non-hydrogen) atoms. The van der Waals surface area contributed by atoms with Crippen molar-refractivity contribution in [2.24, 2.45) is 0 Å². The topological polar surface area (TPSA) is 77.2 Å². The summed E-state index contributed by atoms with van der Waals surface area (Å²) in [5, 5.41) is 18.1. The Balaban J connectivity index is 2.82. The van der Waals surface area contributed by atoms with Crippen LogP contribution in [0.1, 0.15) is 18.9 Å². The molecule has 0 bridgehead atoms. The second kappa shape index (κ2) is 6.52. The Morgan fingerprint density at radius 3 is 2.65 bits per heavy atom. The van der Waals surface area contributed by atoms with E-state index in [4.69, 9.17) is 5.11 Å². The van der Waals surface area contributed by atoms with Gasteiger partial charge in [-0.15, -0.1) is 0 Å². The highest BCUT2D eigenvalue weighted by atomic mass is 19.2. The van der Waals surface area contributed by atoms with E-state index >= 15 is 0 Å². The van der Waals surface area contributed by atoms with E-state index in [1.165, 1.54) is 4.90 Å². The predicted octanol–water partition coefficient (Wildman–Crippen LogP) is 2.82. The first-order valence-corrected chi connectivity index (χ1v) is 6.73. The van der Waals surface area contributed by atoms with Crippen molar-refractivity contribution in [2.75, 3.05) is 18.0 Å². The number of nitriles is 1. The van der Waals surface area contributed by atoms with Crippen LogP contribution in [0.15, 0.2) is 12.3 Å². The summed E-state index contributed by atoms with van der Waals surface area (Å²) in [6.45, 7) is 1.55. The maximum Gasteiger partial charge on any atom is 0.323 e. The van der Waals surface area contributed by atoms with Crippen LogP contribution in [-0.2, 0) is 4.79 Å². The van der Waals surface area contributed by atoms with Gasteiger partial charge in [0.1, 0.15) is 18.1 Å². The normalized spacial score (nSPS) is 10.6. The highest BCUT2D eigenvalue weighted by Gasteiger charge is 2.23. The molecule has 0 aliphatic rings. The number of aromatic nitrogens is 1.